The Kier molecular flexibility index (Phi) is 3.70. The highest BCUT2D eigenvalue weighted by Crippen LogP contribution is 2.33. The van der Waals surface area contributed by atoms with Crippen molar-refractivity contribution in [2.75, 3.05) is 24.5 Å². The van der Waals surface area contributed by atoms with E-state index >= 15 is 0 Å². The third-order valence-corrected chi connectivity index (χ3v) is 5.38. The first kappa shape index (κ1) is 16.0. The van der Waals surface area contributed by atoms with Crippen LogP contribution < -0.4 is 4.90 Å². The zero-order chi connectivity index (χ0) is 18.4. The second-order valence-corrected chi connectivity index (χ2v) is 7.27. The van der Waals surface area contributed by atoms with Crippen LogP contribution in [0.2, 0.25) is 0 Å². The summed E-state index contributed by atoms with van der Waals surface area (Å²) in [7, 11) is 0. The molecule has 0 radical (unpaired) electrons. The smallest absolute Gasteiger partial charge is 0.297 e. The van der Waals surface area contributed by atoms with Crippen LogP contribution in [0.25, 0.3) is 5.69 Å². The molecule has 0 aliphatic carbocycles. The fourth-order valence-electron chi connectivity index (χ4n) is 4.22. The predicted octanol–water partition coefficient (Wildman–Crippen LogP) is 1.91. The number of amides is 1. The number of fused-ring (bicyclic) bond motifs is 2. The van der Waals surface area contributed by atoms with E-state index in [1.807, 2.05) is 30.0 Å². The Morgan fingerprint density at radius 2 is 2.00 bits per heavy atom. The van der Waals surface area contributed by atoms with Gasteiger partial charge in [-0.3, -0.25) is 4.79 Å². The Labute approximate surface area is 156 Å². The zero-order valence-corrected chi connectivity index (χ0v) is 15.0. The van der Waals surface area contributed by atoms with Gasteiger partial charge in [0.2, 0.25) is 0 Å². The second kappa shape index (κ2) is 6.22. The molecule has 2 saturated heterocycles. The summed E-state index contributed by atoms with van der Waals surface area (Å²) in [6.07, 6.45) is 7.55. The molecule has 2 aliphatic heterocycles. The van der Waals surface area contributed by atoms with E-state index < -0.39 is 0 Å². The highest BCUT2D eigenvalue weighted by Gasteiger charge is 2.42. The van der Waals surface area contributed by atoms with Gasteiger partial charge in [-0.25, -0.2) is 4.98 Å². The Morgan fingerprint density at radius 1 is 1.15 bits per heavy atom. The van der Waals surface area contributed by atoms with Crippen molar-refractivity contribution in [1.29, 1.82) is 0 Å². The molecular weight excluding hydrogens is 344 g/mol. The van der Waals surface area contributed by atoms with Crippen LogP contribution in [-0.4, -0.2) is 56.5 Å². The fourth-order valence-corrected chi connectivity index (χ4v) is 4.22. The highest BCUT2D eigenvalue weighted by molar-refractivity contribution is 5.98. The molecule has 1 aromatic carbocycles. The third kappa shape index (κ3) is 2.77. The molecule has 2 bridgehead atoms. The van der Waals surface area contributed by atoms with Crippen molar-refractivity contribution in [2.24, 2.45) is 5.92 Å². The van der Waals surface area contributed by atoms with Crippen LogP contribution in [0.3, 0.4) is 0 Å². The summed E-state index contributed by atoms with van der Waals surface area (Å²) in [6, 6.07) is 6.68. The van der Waals surface area contributed by atoms with Gasteiger partial charge in [-0.15, -0.1) is 0 Å². The predicted molar refractivity (Wildman–Crippen MR) is 97.7 cm³/mol. The van der Waals surface area contributed by atoms with Crippen LogP contribution in [0.15, 0.2) is 47.5 Å². The average molecular weight is 364 g/mol. The largest absolute Gasteiger partial charge is 0.432 e. The topological polar surface area (TPSA) is 80.3 Å². The van der Waals surface area contributed by atoms with Gasteiger partial charge in [0, 0.05) is 19.6 Å². The van der Waals surface area contributed by atoms with Gasteiger partial charge in [0.05, 0.1) is 35.9 Å². The van der Waals surface area contributed by atoms with Gasteiger partial charge in [-0.1, -0.05) is 11.6 Å². The van der Waals surface area contributed by atoms with Crippen LogP contribution >= 0.6 is 0 Å². The van der Waals surface area contributed by atoms with Gasteiger partial charge in [-0.2, -0.15) is 15.0 Å². The van der Waals surface area contributed by atoms with Crippen LogP contribution in [0, 0.1) is 12.8 Å². The lowest BCUT2D eigenvalue weighted by molar-refractivity contribution is 0.0693. The number of aromatic nitrogens is 4. The molecule has 2 unspecified atom stereocenters. The molecule has 2 atom stereocenters. The lowest BCUT2D eigenvalue weighted by atomic mass is 9.98. The maximum absolute atomic E-state index is 13.4. The first-order chi connectivity index (χ1) is 13.2. The number of anilines is 1. The SMILES string of the molecule is Cc1ccc(-n2nccn2)c(C(=O)N2CC3CC(C2)N(c2ncco2)C3)c1. The van der Waals surface area contributed by atoms with Crippen molar-refractivity contribution in [2.45, 2.75) is 19.4 Å². The number of piperidine rings is 1. The van der Waals surface area contributed by atoms with Gasteiger partial charge < -0.3 is 14.2 Å². The summed E-state index contributed by atoms with van der Waals surface area (Å²) < 4.78 is 5.48. The van der Waals surface area contributed by atoms with E-state index in [4.69, 9.17) is 4.42 Å². The molecule has 2 aliphatic rings. The van der Waals surface area contributed by atoms with Crippen molar-refractivity contribution in [3.63, 3.8) is 0 Å². The van der Waals surface area contributed by atoms with Gasteiger partial charge in [-0.05, 0) is 31.4 Å². The summed E-state index contributed by atoms with van der Waals surface area (Å²) >= 11 is 0. The number of aryl methyl sites for hydroxylation is 1. The van der Waals surface area contributed by atoms with Crippen LogP contribution in [0.1, 0.15) is 22.3 Å². The fraction of sp³-hybridized carbons (Fsp3) is 0.368. The Balaban J connectivity index is 1.44. The quantitative estimate of drug-likeness (QED) is 0.706. The molecule has 138 valence electrons. The summed E-state index contributed by atoms with van der Waals surface area (Å²) in [6.45, 7) is 4.27. The van der Waals surface area contributed by atoms with Crippen molar-refractivity contribution in [3.05, 3.63) is 54.2 Å². The first-order valence-corrected chi connectivity index (χ1v) is 9.12. The lowest BCUT2D eigenvalue weighted by Crippen LogP contribution is -2.45. The molecule has 4 heterocycles. The monoisotopic (exact) mass is 364 g/mol. The van der Waals surface area contributed by atoms with E-state index in [1.54, 1.807) is 24.9 Å². The molecule has 8 nitrogen and oxygen atoms in total. The van der Waals surface area contributed by atoms with Gasteiger partial charge in [0.1, 0.15) is 6.26 Å². The maximum Gasteiger partial charge on any atom is 0.297 e. The third-order valence-electron chi connectivity index (χ3n) is 5.38. The van der Waals surface area contributed by atoms with Crippen molar-refractivity contribution in [3.8, 4) is 5.69 Å². The Morgan fingerprint density at radius 3 is 2.78 bits per heavy atom. The summed E-state index contributed by atoms with van der Waals surface area (Å²) in [5, 5.41) is 8.40. The minimum atomic E-state index is 0.0231. The molecule has 27 heavy (non-hydrogen) atoms. The van der Waals surface area contributed by atoms with E-state index in [2.05, 4.69) is 20.1 Å². The number of carbonyl (C=O) groups is 1. The minimum Gasteiger partial charge on any atom is -0.432 e. The molecule has 3 aromatic rings. The number of nitrogens with zero attached hydrogens (tertiary/aromatic N) is 6. The molecule has 0 spiro atoms. The molecular formula is C19H20N6O2. The molecule has 0 saturated carbocycles. The maximum atomic E-state index is 13.4. The second-order valence-electron chi connectivity index (χ2n) is 7.27. The number of hydrogen-bond donors (Lipinski definition) is 0. The summed E-state index contributed by atoms with van der Waals surface area (Å²) in [4.78, 5) is 23.3. The number of likely N-dealkylation sites (tertiary alicyclic amines) is 1. The number of carbonyl (C=O) groups excluding carboxylic acids is 1. The lowest BCUT2D eigenvalue weighted by Gasteiger charge is -2.32. The van der Waals surface area contributed by atoms with Gasteiger partial charge in [0.25, 0.3) is 11.9 Å². The standard InChI is InChI=1S/C19H20N6O2/c1-13-2-3-17(25-21-4-5-22-25)16(8-13)18(26)23-10-14-9-15(12-23)24(11-14)19-20-6-7-27-19/h2-8,14-15H,9-12H2,1H3. The molecule has 8 heteroatoms. The van der Waals surface area contributed by atoms with Crippen LogP contribution in [-0.2, 0) is 0 Å². The average Bonchev–Trinajstić information content (AvgIpc) is 3.42. The van der Waals surface area contributed by atoms with E-state index in [0.717, 1.165) is 25.1 Å². The molecule has 1 amide bonds. The highest BCUT2D eigenvalue weighted by atomic mass is 16.4. The number of hydrogen-bond acceptors (Lipinski definition) is 6. The molecule has 5 rings (SSSR count). The van der Waals surface area contributed by atoms with Crippen LogP contribution in [0.5, 0.6) is 0 Å². The van der Waals surface area contributed by atoms with E-state index in [0.29, 0.717) is 29.7 Å². The van der Waals surface area contributed by atoms with E-state index in [1.165, 1.54) is 4.80 Å². The minimum absolute atomic E-state index is 0.0231. The van der Waals surface area contributed by atoms with Crippen molar-refractivity contribution in [1.82, 2.24) is 24.9 Å². The van der Waals surface area contributed by atoms with E-state index in [9.17, 15) is 4.79 Å². The molecule has 2 aromatic heterocycles. The number of benzene rings is 1. The van der Waals surface area contributed by atoms with Crippen LogP contribution in [0.4, 0.5) is 6.01 Å². The Bertz CT molecular complexity index is 953. The number of rotatable bonds is 3. The number of oxazole rings is 1. The van der Waals surface area contributed by atoms with Crippen molar-refractivity contribution >= 4 is 11.9 Å². The first-order valence-electron chi connectivity index (χ1n) is 9.12. The van der Waals surface area contributed by atoms with E-state index in [-0.39, 0.29) is 11.9 Å². The van der Waals surface area contributed by atoms with Gasteiger partial charge >= 0.3 is 0 Å². The normalized spacial score (nSPS) is 21.7. The molecule has 0 N–H and O–H groups in total. The zero-order valence-electron chi connectivity index (χ0n) is 15.0. The van der Waals surface area contributed by atoms with Crippen molar-refractivity contribution < 1.29 is 9.21 Å². The Hall–Kier alpha value is -3.16. The summed E-state index contributed by atoms with van der Waals surface area (Å²) in [5.41, 5.74) is 2.38. The summed E-state index contributed by atoms with van der Waals surface area (Å²) in [5.74, 6) is 0.450. The van der Waals surface area contributed by atoms with Gasteiger partial charge in [0.15, 0.2) is 0 Å². The molecule has 2 fully saturated rings.